The first kappa shape index (κ1) is 29.0. The summed E-state index contributed by atoms with van der Waals surface area (Å²) in [6.07, 6.45) is 2.38. The lowest BCUT2D eigenvalue weighted by Crippen LogP contribution is -2.49. The van der Waals surface area contributed by atoms with Crippen molar-refractivity contribution in [2.24, 2.45) is 7.05 Å². The Hall–Kier alpha value is -4.55. The number of ether oxygens (including phenoxy) is 1. The van der Waals surface area contributed by atoms with Gasteiger partial charge in [-0.05, 0) is 51.0 Å². The van der Waals surface area contributed by atoms with E-state index in [1.54, 1.807) is 46.1 Å². The number of amides is 2. The van der Waals surface area contributed by atoms with Gasteiger partial charge in [0.05, 0.1) is 11.8 Å². The Morgan fingerprint density at radius 2 is 1.92 bits per heavy atom. The lowest BCUT2D eigenvalue weighted by Gasteiger charge is -2.22. The maximum atomic E-state index is 15.1. The number of alkyl carbamates (subject to hydrolysis) is 1. The average molecular weight is 545 g/mol. The van der Waals surface area contributed by atoms with Crippen LogP contribution in [0.1, 0.15) is 36.7 Å². The van der Waals surface area contributed by atoms with Gasteiger partial charge in [0, 0.05) is 31.9 Å². The Morgan fingerprint density at radius 3 is 2.54 bits per heavy atom. The molecule has 208 valence electrons. The lowest BCUT2D eigenvalue weighted by molar-refractivity contribution is -0.139. The lowest BCUT2D eigenvalue weighted by atomic mass is 10.1. The smallest absolute Gasteiger partial charge is 0.408 e. The molecule has 0 unspecified atom stereocenters. The number of rotatable bonds is 10. The van der Waals surface area contributed by atoms with Crippen LogP contribution in [-0.2, 0) is 23.0 Å². The first-order valence-corrected chi connectivity index (χ1v) is 12.0. The summed E-state index contributed by atoms with van der Waals surface area (Å²) in [6, 6.07) is 5.47. The van der Waals surface area contributed by atoms with Crippen LogP contribution in [-0.4, -0.2) is 62.6 Å². The number of carboxylic acids is 1. The number of carboxylic acid groups (broad SMARTS) is 1. The van der Waals surface area contributed by atoms with Crippen LogP contribution < -0.4 is 16.0 Å². The van der Waals surface area contributed by atoms with Crippen molar-refractivity contribution in [1.82, 2.24) is 25.4 Å². The third-order valence-corrected chi connectivity index (χ3v) is 5.25. The van der Waals surface area contributed by atoms with Crippen LogP contribution in [0, 0.1) is 11.6 Å². The number of nitrogens with zero attached hydrogens (tertiary/aromatic N) is 3. The second-order valence-electron chi connectivity index (χ2n) is 9.67. The molecule has 0 aliphatic carbocycles. The number of anilines is 1. The first-order chi connectivity index (χ1) is 18.3. The summed E-state index contributed by atoms with van der Waals surface area (Å²) in [4.78, 5) is 41.0. The van der Waals surface area contributed by atoms with E-state index in [0.717, 1.165) is 6.07 Å². The van der Waals surface area contributed by atoms with Gasteiger partial charge in [-0.3, -0.25) is 9.48 Å². The van der Waals surface area contributed by atoms with Crippen molar-refractivity contribution < 1.29 is 33.0 Å². The Balaban J connectivity index is 1.80. The van der Waals surface area contributed by atoms with Crippen LogP contribution in [0.5, 0.6) is 0 Å². The van der Waals surface area contributed by atoms with Gasteiger partial charge in [0.15, 0.2) is 5.82 Å². The van der Waals surface area contributed by atoms with Gasteiger partial charge in [0.1, 0.15) is 29.0 Å². The summed E-state index contributed by atoms with van der Waals surface area (Å²) in [5.41, 5.74) is -0.0336. The number of aliphatic carboxylic acids is 1. The van der Waals surface area contributed by atoms with E-state index in [4.69, 9.17) is 4.74 Å². The number of aryl methyl sites for hydroxylation is 1. The first-order valence-electron chi connectivity index (χ1n) is 12.0. The molecule has 4 N–H and O–H groups in total. The molecule has 11 nitrogen and oxygen atoms in total. The maximum Gasteiger partial charge on any atom is 0.408 e. The minimum atomic E-state index is -1.51. The number of carbonyl (C=O) groups excluding carboxylic acids is 2. The molecule has 0 bridgehead atoms. The van der Waals surface area contributed by atoms with Gasteiger partial charge in [0.2, 0.25) is 0 Å². The standard InChI is InChI=1S/C26H30F2N6O5/c1-26(2,3)39-25(38)32-20(24(36)37)13-30-23(35)18-11-19(28)21(16-12-31-34(4)14-16)33-22(18)29-9-8-15-6-5-7-17(27)10-15/h5-7,10-12,14,20H,8-9,13H2,1-4H3,(H,29,33)(H,30,35)(H,32,38)(H,36,37)/t20-/m1/s1. The van der Waals surface area contributed by atoms with Crippen molar-refractivity contribution in [2.45, 2.75) is 38.8 Å². The SMILES string of the molecule is Cn1cc(-c2nc(NCCc3cccc(F)c3)c(C(=O)NC[C@@H](NC(=O)OC(C)(C)C)C(=O)O)cc2F)cn1. The number of pyridine rings is 1. The van der Waals surface area contributed by atoms with Gasteiger partial charge in [-0.15, -0.1) is 0 Å². The van der Waals surface area contributed by atoms with Crippen molar-refractivity contribution in [3.8, 4) is 11.3 Å². The highest BCUT2D eigenvalue weighted by Crippen LogP contribution is 2.25. The molecule has 3 aromatic rings. The molecule has 0 fully saturated rings. The van der Waals surface area contributed by atoms with E-state index in [9.17, 15) is 23.9 Å². The molecule has 3 rings (SSSR count). The van der Waals surface area contributed by atoms with Crippen LogP contribution in [0.25, 0.3) is 11.3 Å². The molecule has 0 radical (unpaired) electrons. The van der Waals surface area contributed by atoms with Crippen molar-refractivity contribution in [1.29, 1.82) is 0 Å². The van der Waals surface area contributed by atoms with Crippen LogP contribution in [0.3, 0.4) is 0 Å². The topological polar surface area (TPSA) is 147 Å². The third kappa shape index (κ3) is 8.48. The van der Waals surface area contributed by atoms with E-state index in [1.807, 2.05) is 0 Å². The van der Waals surface area contributed by atoms with Gasteiger partial charge in [0.25, 0.3) is 5.91 Å². The van der Waals surface area contributed by atoms with E-state index < -0.39 is 42.0 Å². The number of hydrogen-bond donors (Lipinski definition) is 4. The molecular weight excluding hydrogens is 514 g/mol. The minimum absolute atomic E-state index is 0.0242. The molecule has 0 spiro atoms. The molecule has 2 amide bonds. The summed E-state index contributed by atoms with van der Waals surface area (Å²) in [7, 11) is 1.66. The predicted molar refractivity (Wildman–Crippen MR) is 138 cm³/mol. The second kappa shape index (κ2) is 12.3. The Morgan fingerprint density at radius 1 is 1.18 bits per heavy atom. The molecule has 1 aromatic carbocycles. The molecule has 0 saturated carbocycles. The van der Waals surface area contributed by atoms with Crippen molar-refractivity contribution >= 4 is 23.8 Å². The number of hydrogen-bond acceptors (Lipinski definition) is 7. The van der Waals surface area contributed by atoms with Crippen LogP contribution in [0.15, 0.2) is 42.7 Å². The second-order valence-corrected chi connectivity index (χ2v) is 9.67. The van der Waals surface area contributed by atoms with Gasteiger partial charge in [-0.25, -0.2) is 23.4 Å². The summed E-state index contributed by atoms with van der Waals surface area (Å²) < 4.78 is 35.1. The summed E-state index contributed by atoms with van der Waals surface area (Å²) in [5, 5.41) is 21.0. The van der Waals surface area contributed by atoms with E-state index in [-0.39, 0.29) is 29.4 Å². The molecule has 13 heteroatoms. The molecule has 0 saturated heterocycles. The quantitative estimate of drug-likeness (QED) is 0.304. The molecule has 2 heterocycles. The molecule has 0 aliphatic heterocycles. The fraction of sp³-hybridized carbons (Fsp3) is 0.346. The van der Waals surface area contributed by atoms with Gasteiger partial charge in [-0.1, -0.05) is 12.1 Å². The number of nitrogens with one attached hydrogen (secondary N) is 3. The Labute approximate surface area is 223 Å². The number of halogens is 2. The monoisotopic (exact) mass is 544 g/mol. The van der Waals surface area contributed by atoms with Crippen LogP contribution in [0.4, 0.5) is 19.4 Å². The van der Waals surface area contributed by atoms with E-state index in [1.165, 1.54) is 23.0 Å². The summed E-state index contributed by atoms with van der Waals surface area (Å²) >= 11 is 0. The highest BCUT2D eigenvalue weighted by Gasteiger charge is 2.26. The third-order valence-electron chi connectivity index (χ3n) is 5.25. The fourth-order valence-corrected chi connectivity index (χ4v) is 3.50. The molecule has 2 aromatic heterocycles. The number of aromatic nitrogens is 3. The van der Waals surface area contributed by atoms with Crippen molar-refractivity contribution in [3.63, 3.8) is 0 Å². The van der Waals surface area contributed by atoms with Crippen molar-refractivity contribution in [2.75, 3.05) is 18.4 Å². The minimum Gasteiger partial charge on any atom is -0.480 e. The molecule has 39 heavy (non-hydrogen) atoms. The van der Waals surface area contributed by atoms with E-state index in [0.29, 0.717) is 17.5 Å². The zero-order chi connectivity index (χ0) is 28.7. The van der Waals surface area contributed by atoms with Gasteiger partial charge >= 0.3 is 12.1 Å². The van der Waals surface area contributed by atoms with Crippen molar-refractivity contribution in [3.05, 3.63) is 65.5 Å². The number of carbonyl (C=O) groups is 3. The highest BCUT2D eigenvalue weighted by molar-refractivity contribution is 5.99. The zero-order valence-electron chi connectivity index (χ0n) is 21.9. The highest BCUT2D eigenvalue weighted by atomic mass is 19.1. The van der Waals surface area contributed by atoms with E-state index in [2.05, 4.69) is 26.0 Å². The summed E-state index contributed by atoms with van der Waals surface area (Å²) in [5.74, 6) is -3.41. The normalized spacial score (nSPS) is 11.9. The summed E-state index contributed by atoms with van der Waals surface area (Å²) in [6.45, 7) is 4.56. The van der Waals surface area contributed by atoms with Gasteiger partial charge < -0.3 is 25.8 Å². The Bertz CT molecular complexity index is 1350. The van der Waals surface area contributed by atoms with Gasteiger partial charge in [-0.2, -0.15) is 5.10 Å². The fourth-order valence-electron chi connectivity index (χ4n) is 3.50. The Kier molecular flexibility index (Phi) is 9.17. The average Bonchev–Trinajstić information content (AvgIpc) is 3.26. The predicted octanol–water partition coefficient (Wildman–Crippen LogP) is 3.12. The molecule has 0 aliphatic rings. The largest absolute Gasteiger partial charge is 0.480 e. The van der Waals surface area contributed by atoms with Crippen LogP contribution >= 0.6 is 0 Å². The zero-order valence-corrected chi connectivity index (χ0v) is 21.9. The van der Waals surface area contributed by atoms with E-state index >= 15 is 4.39 Å². The molecular formula is C26H30F2N6O5. The maximum absolute atomic E-state index is 15.1. The number of benzene rings is 1. The van der Waals surface area contributed by atoms with Crippen LogP contribution in [0.2, 0.25) is 0 Å². The molecule has 1 atom stereocenters.